The average Bonchev–Trinajstić information content (AvgIpc) is 2.80. The van der Waals surface area contributed by atoms with Gasteiger partial charge in [-0.05, 0) is 45.1 Å². The zero-order valence-corrected chi connectivity index (χ0v) is 13.8. The Balaban J connectivity index is 1.73. The first kappa shape index (κ1) is 16.1. The van der Waals surface area contributed by atoms with Crippen molar-refractivity contribution in [3.63, 3.8) is 0 Å². The summed E-state index contributed by atoms with van der Waals surface area (Å²) < 4.78 is 5.40. The maximum absolute atomic E-state index is 12.0. The number of amides is 1. The van der Waals surface area contributed by atoms with Gasteiger partial charge in [-0.15, -0.1) is 11.3 Å². The van der Waals surface area contributed by atoms with Crippen LogP contribution in [0.4, 0.5) is 10.5 Å². The van der Waals surface area contributed by atoms with Crippen molar-refractivity contribution < 1.29 is 9.53 Å². The lowest BCUT2D eigenvalue weighted by atomic mass is 10.1. The van der Waals surface area contributed by atoms with Gasteiger partial charge < -0.3 is 20.7 Å². The molecule has 1 aromatic heterocycles. The van der Waals surface area contributed by atoms with E-state index >= 15 is 0 Å². The number of nitrogen functional groups attached to an aromatic ring is 1. The number of likely N-dealkylation sites (tertiary alicyclic amines) is 1. The van der Waals surface area contributed by atoms with Gasteiger partial charge in [0.25, 0.3) is 0 Å². The molecule has 0 spiro atoms. The maximum Gasteiger partial charge on any atom is 0.410 e. The Bertz CT molecular complexity index is 474. The minimum absolute atomic E-state index is 0.205. The molecule has 5 nitrogen and oxygen atoms in total. The predicted octanol–water partition coefficient (Wildman–Crippen LogP) is 2.82. The number of ether oxygens (including phenoxy) is 1. The number of rotatable bonds is 3. The molecular weight excluding hydrogens is 286 g/mol. The van der Waals surface area contributed by atoms with E-state index in [2.05, 4.69) is 5.32 Å². The molecule has 0 aliphatic carbocycles. The Labute approximate surface area is 130 Å². The first-order chi connectivity index (χ1) is 9.85. The monoisotopic (exact) mass is 311 g/mol. The quantitative estimate of drug-likeness (QED) is 0.901. The molecule has 0 unspecified atom stereocenters. The topological polar surface area (TPSA) is 67.6 Å². The van der Waals surface area contributed by atoms with Gasteiger partial charge in [0.05, 0.1) is 0 Å². The van der Waals surface area contributed by atoms with Gasteiger partial charge in [0.15, 0.2) is 0 Å². The van der Waals surface area contributed by atoms with E-state index in [-0.39, 0.29) is 6.09 Å². The highest BCUT2D eigenvalue weighted by Gasteiger charge is 2.26. The number of piperidine rings is 1. The summed E-state index contributed by atoms with van der Waals surface area (Å²) in [7, 11) is 0. The molecule has 118 valence electrons. The van der Waals surface area contributed by atoms with Crippen LogP contribution in [0.3, 0.4) is 0 Å². The number of thiophene rings is 1. The molecule has 2 rings (SSSR count). The fourth-order valence-electron chi connectivity index (χ4n) is 2.32. The van der Waals surface area contributed by atoms with Crippen LogP contribution in [0.1, 0.15) is 38.5 Å². The van der Waals surface area contributed by atoms with Crippen molar-refractivity contribution in [1.29, 1.82) is 0 Å². The van der Waals surface area contributed by atoms with Crippen LogP contribution in [-0.4, -0.2) is 35.7 Å². The van der Waals surface area contributed by atoms with E-state index in [4.69, 9.17) is 10.5 Å². The third-order valence-electron chi connectivity index (χ3n) is 3.48. The summed E-state index contributed by atoms with van der Waals surface area (Å²) in [6.07, 6.45) is 1.69. The lowest BCUT2D eigenvalue weighted by molar-refractivity contribution is 0.0198. The van der Waals surface area contributed by atoms with Crippen molar-refractivity contribution in [2.24, 2.45) is 0 Å². The third-order valence-corrected chi connectivity index (χ3v) is 4.41. The molecule has 3 N–H and O–H groups in total. The molecule has 0 aromatic carbocycles. The minimum atomic E-state index is -0.428. The lowest BCUT2D eigenvalue weighted by Gasteiger charge is -2.33. The molecule has 0 atom stereocenters. The zero-order chi connectivity index (χ0) is 15.5. The Morgan fingerprint density at radius 2 is 2.14 bits per heavy atom. The van der Waals surface area contributed by atoms with Crippen LogP contribution < -0.4 is 11.1 Å². The van der Waals surface area contributed by atoms with E-state index in [9.17, 15) is 4.79 Å². The molecule has 2 heterocycles. The molecule has 0 bridgehead atoms. The zero-order valence-electron chi connectivity index (χ0n) is 13.0. The van der Waals surface area contributed by atoms with Crippen LogP contribution >= 0.6 is 11.3 Å². The van der Waals surface area contributed by atoms with E-state index in [1.54, 1.807) is 16.2 Å². The van der Waals surface area contributed by atoms with Gasteiger partial charge in [0.1, 0.15) is 5.60 Å². The van der Waals surface area contributed by atoms with Gasteiger partial charge in [-0.3, -0.25) is 0 Å². The van der Waals surface area contributed by atoms with Crippen LogP contribution in [0, 0.1) is 0 Å². The first-order valence-electron chi connectivity index (χ1n) is 7.38. The highest BCUT2D eigenvalue weighted by molar-refractivity contribution is 7.10. The van der Waals surface area contributed by atoms with Crippen LogP contribution in [0.2, 0.25) is 0 Å². The van der Waals surface area contributed by atoms with E-state index in [1.165, 1.54) is 4.88 Å². The largest absolute Gasteiger partial charge is 0.444 e. The molecular formula is C15H25N3O2S. The normalized spacial score (nSPS) is 17.0. The van der Waals surface area contributed by atoms with Crippen molar-refractivity contribution in [2.45, 2.75) is 51.8 Å². The van der Waals surface area contributed by atoms with Gasteiger partial charge in [-0.25, -0.2) is 4.79 Å². The Morgan fingerprint density at radius 3 is 2.67 bits per heavy atom. The molecule has 1 aliphatic rings. The van der Waals surface area contributed by atoms with Gasteiger partial charge in [-0.1, -0.05) is 0 Å². The summed E-state index contributed by atoms with van der Waals surface area (Å²) in [5.41, 5.74) is 6.31. The van der Waals surface area contributed by atoms with Crippen LogP contribution in [-0.2, 0) is 11.3 Å². The number of carbonyl (C=O) groups is 1. The summed E-state index contributed by atoms with van der Waals surface area (Å²) >= 11 is 1.68. The molecule has 6 heteroatoms. The Kier molecular flexibility index (Phi) is 5.11. The minimum Gasteiger partial charge on any atom is -0.444 e. The maximum atomic E-state index is 12.0. The second-order valence-electron chi connectivity index (χ2n) is 6.42. The van der Waals surface area contributed by atoms with Gasteiger partial charge in [0, 0.05) is 36.2 Å². The summed E-state index contributed by atoms with van der Waals surface area (Å²) in [5.74, 6) is 0. The highest BCUT2D eigenvalue weighted by atomic mass is 32.1. The van der Waals surface area contributed by atoms with Crippen molar-refractivity contribution in [3.8, 4) is 0 Å². The predicted molar refractivity (Wildman–Crippen MR) is 86.4 cm³/mol. The van der Waals surface area contributed by atoms with E-state index in [0.717, 1.165) is 38.2 Å². The summed E-state index contributed by atoms with van der Waals surface area (Å²) in [6.45, 7) is 7.97. The summed E-state index contributed by atoms with van der Waals surface area (Å²) in [6, 6.07) is 2.37. The molecule has 1 saturated heterocycles. The lowest BCUT2D eigenvalue weighted by Crippen LogP contribution is -2.46. The molecule has 1 fully saturated rings. The standard InChI is InChI=1S/C15H25N3O2S/c1-15(2,3)20-14(19)18-7-4-11(5-8-18)17-10-13-12(16)6-9-21-13/h6,9,11,17H,4-5,7-8,10,16H2,1-3H3. The van der Waals surface area contributed by atoms with Crippen LogP contribution in [0.15, 0.2) is 11.4 Å². The second kappa shape index (κ2) is 6.66. The van der Waals surface area contributed by atoms with Crippen molar-refractivity contribution in [3.05, 3.63) is 16.3 Å². The number of nitrogens with one attached hydrogen (secondary N) is 1. The average molecular weight is 311 g/mol. The first-order valence-corrected chi connectivity index (χ1v) is 8.26. The molecule has 1 amide bonds. The smallest absolute Gasteiger partial charge is 0.410 e. The highest BCUT2D eigenvalue weighted by Crippen LogP contribution is 2.20. The second-order valence-corrected chi connectivity index (χ2v) is 7.42. The number of nitrogens with zero attached hydrogens (tertiary/aromatic N) is 1. The third kappa shape index (κ3) is 4.89. The summed E-state index contributed by atoms with van der Waals surface area (Å²) in [4.78, 5) is 15.0. The van der Waals surface area contributed by atoms with Crippen LogP contribution in [0.5, 0.6) is 0 Å². The number of nitrogens with two attached hydrogens (primary N) is 1. The fourth-order valence-corrected chi connectivity index (χ4v) is 3.07. The molecule has 0 radical (unpaired) electrons. The van der Waals surface area contributed by atoms with E-state index < -0.39 is 5.60 Å². The Morgan fingerprint density at radius 1 is 1.48 bits per heavy atom. The van der Waals surface area contributed by atoms with Crippen molar-refractivity contribution in [2.75, 3.05) is 18.8 Å². The molecule has 1 aliphatic heterocycles. The Hall–Kier alpha value is -1.27. The van der Waals surface area contributed by atoms with Crippen molar-refractivity contribution in [1.82, 2.24) is 10.2 Å². The summed E-state index contributed by atoms with van der Waals surface area (Å²) in [5, 5.41) is 5.54. The number of hydrogen-bond donors (Lipinski definition) is 2. The molecule has 1 aromatic rings. The number of anilines is 1. The number of carbonyl (C=O) groups excluding carboxylic acids is 1. The fraction of sp³-hybridized carbons (Fsp3) is 0.667. The van der Waals surface area contributed by atoms with Crippen molar-refractivity contribution >= 4 is 23.1 Å². The SMILES string of the molecule is CC(C)(C)OC(=O)N1CCC(NCc2sccc2N)CC1. The number of hydrogen-bond acceptors (Lipinski definition) is 5. The van der Waals surface area contributed by atoms with E-state index in [0.29, 0.717) is 6.04 Å². The van der Waals surface area contributed by atoms with Gasteiger partial charge in [-0.2, -0.15) is 0 Å². The van der Waals surface area contributed by atoms with E-state index in [1.807, 2.05) is 32.2 Å². The van der Waals surface area contributed by atoms with Gasteiger partial charge in [0.2, 0.25) is 0 Å². The molecule has 21 heavy (non-hydrogen) atoms. The van der Waals surface area contributed by atoms with Gasteiger partial charge >= 0.3 is 6.09 Å². The van der Waals surface area contributed by atoms with Crippen LogP contribution in [0.25, 0.3) is 0 Å². The molecule has 0 saturated carbocycles.